The minimum Gasteiger partial charge on any atom is -0.469 e. The van der Waals surface area contributed by atoms with E-state index in [0.717, 1.165) is 16.8 Å². The van der Waals surface area contributed by atoms with E-state index in [-0.39, 0.29) is 18.1 Å². The van der Waals surface area contributed by atoms with Crippen LogP contribution in [0.15, 0.2) is 30.9 Å². The van der Waals surface area contributed by atoms with Gasteiger partial charge in [0.1, 0.15) is 16.7 Å². The second-order valence-electron chi connectivity index (χ2n) is 9.56. The Morgan fingerprint density at radius 1 is 1.29 bits per heavy atom. The molecule has 0 bridgehead atoms. The molecule has 9 nitrogen and oxygen atoms in total. The zero-order chi connectivity index (χ0) is 22.6. The minimum atomic E-state index is -0.525. The molecule has 3 aromatic rings. The highest BCUT2D eigenvalue weighted by molar-refractivity contribution is 5.68. The zero-order valence-corrected chi connectivity index (χ0v) is 19.2. The van der Waals surface area contributed by atoms with Gasteiger partial charge in [0.15, 0.2) is 0 Å². The van der Waals surface area contributed by atoms with Crippen LogP contribution in [0.5, 0.6) is 5.88 Å². The number of aryl methyl sites for hydroxylation is 1. The lowest BCUT2D eigenvalue weighted by Gasteiger charge is -2.53. The molecule has 166 valence electrons. The van der Waals surface area contributed by atoms with Gasteiger partial charge in [-0.2, -0.15) is 10.2 Å². The van der Waals surface area contributed by atoms with E-state index in [1.165, 1.54) is 0 Å². The molecule has 1 amide bonds. The van der Waals surface area contributed by atoms with Crippen LogP contribution < -0.4 is 4.74 Å². The van der Waals surface area contributed by atoms with Crippen molar-refractivity contribution in [3.63, 3.8) is 0 Å². The maximum Gasteiger partial charge on any atom is 0.410 e. The molecule has 4 rings (SSSR count). The number of rotatable bonds is 4. The summed E-state index contributed by atoms with van der Waals surface area (Å²) in [6, 6.07) is 1.91. The molecule has 0 saturated heterocycles. The molecule has 0 spiro atoms. The highest BCUT2D eigenvalue weighted by Gasteiger charge is 2.53. The standard InChI is InChI=1S/C22H30N6O3/c1-14-18(27(7)20(29)31-21(2,3)4)10-22(14,5)30-19-17-8-9-23-28(17)13-16(25-19)15-11-24-26(6)12-15/h8-9,11-14,18H,10H2,1-7H3/t14-,18+,22+/m0/s1. The third-order valence-corrected chi connectivity index (χ3v) is 6.02. The second kappa shape index (κ2) is 7.25. The van der Waals surface area contributed by atoms with Crippen molar-refractivity contribution in [3.05, 3.63) is 30.9 Å². The highest BCUT2D eigenvalue weighted by atomic mass is 16.6. The fraction of sp³-hybridized carbons (Fsp3) is 0.545. The lowest BCUT2D eigenvalue weighted by Crippen LogP contribution is -2.64. The summed E-state index contributed by atoms with van der Waals surface area (Å²) in [7, 11) is 3.65. The zero-order valence-electron chi connectivity index (χ0n) is 19.2. The molecule has 1 fully saturated rings. The van der Waals surface area contributed by atoms with E-state index < -0.39 is 11.2 Å². The summed E-state index contributed by atoms with van der Waals surface area (Å²) in [6.07, 6.45) is 7.62. The highest BCUT2D eigenvalue weighted by Crippen LogP contribution is 2.45. The Hall–Kier alpha value is -3.10. The largest absolute Gasteiger partial charge is 0.469 e. The molecular formula is C22H30N6O3. The van der Waals surface area contributed by atoms with Gasteiger partial charge in [-0.05, 0) is 33.8 Å². The van der Waals surface area contributed by atoms with Crippen molar-refractivity contribution in [3.8, 4) is 17.1 Å². The Morgan fingerprint density at radius 3 is 2.65 bits per heavy atom. The number of nitrogens with zero attached hydrogens (tertiary/aromatic N) is 6. The molecule has 0 aromatic carbocycles. The Kier molecular flexibility index (Phi) is 4.94. The summed E-state index contributed by atoms with van der Waals surface area (Å²) < 4.78 is 15.5. The lowest BCUT2D eigenvalue weighted by molar-refractivity contribution is -0.108. The van der Waals surface area contributed by atoms with Crippen molar-refractivity contribution < 1.29 is 14.3 Å². The smallest absolute Gasteiger partial charge is 0.410 e. The molecule has 1 aliphatic carbocycles. The summed E-state index contributed by atoms with van der Waals surface area (Å²) in [4.78, 5) is 18.9. The summed E-state index contributed by atoms with van der Waals surface area (Å²) in [6.45, 7) is 9.76. The van der Waals surface area contributed by atoms with Crippen molar-refractivity contribution in [2.75, 3.05) is 7.05 Å². The van der Waals surface area contributed by atoms with Crippen LogP contribution in [-0.4, -0.2) is 59.7 Å². The van der Waals surface area contributed by atoms with Crippen LogP contribution in [0.1, 0.15) is 41.0 Å². The normalized spacial score (nSPS) is 23.5. The van der Waals surface area contributed by atoms with Gasteiger partial charge in [-0.25, -0.2) is 14.3 Å². The molecule has 0 unspecified atom stereocenters. The fourth-order valence-electron chi connectivity index (χ4n) is 3.99. The SMILES string of the molecule is C[C@H]1[C@H](N(C)C(=O)OC(C)(C)C)C[C@@]1(C)Oc1nc(-c2cnn(C)c2)cn2nccc12. The first-order chi connectivity index (χ1) is 14.5. The summed E-state index contributed by atoms with van der Waals surface area (Å²) in [5, 5.41) is 8.60. The van der Waals surface area contributed by atoms with Gasteiger partial charge >= 0.3 is 6.09 Å². The predicted molar refractivity (Wildman–Crippen MR) is 116 cm³/mol. The van der Waals surface area contributed by atoms with Gasteiger partial charge in [0.25, 0.3) is 0 Å². The molecule has 1 saturated carbocycles. The second-order valence-corrected chi connectivity index (χ2v) is 9.56. The van der Waals surface area contributed by atoms with Crippen molar-refractivity contribution in [2.45, 2.75) is 58.3 Å². The fourth-order valence-corrected chi connectivity index (χ4v) is 3.99. The van der Waals surface area contributed by atoms with E-state index in [1.54, 1.807) is 33.5 Å². The van der Waals surface area contributed by atoms with Crippen LogP contribution in [0.2, 0.25) is 0 Å². The maximum atomic E-state index is 12.5. The quantitative estimate of drug-likeness (QED) is 0.634. The van der Waals surface area contributed by atoms with Crippen LogP contribution in [-0.2, 0) is 11.8 Å². The Morgan fingerprint density at radius 2 is 2.03 bits per heavy atom. The number of aromatic nitrogens is 5. The number of amides is 1. The first-order valence-corrected chi connectivity index (χ1v) is 10.4. The summed E-state index contributed by atoms with van der Waals surface area (Å²) >= 11 is 0. The monoisotopic (exact) mass is 426 g/mol. The molecule has 31 heavy (non-hydrogen) atoms. The van der Waals surface area contributed by atoms with Gasteiger partial charge in [-0.15, -0.1) is 0 Å². The lowest BCUT2D eigenvalue weighted by atomic mass is 9.66. The van der Waals surface area contributed by atoms with E-state index in [2.05, 4.69) is 24.0 Å². The predicted octanol–water partition coefficient (Wildman–Crippen LogP) is 3.54. The third-order valence-electron chi connectivity index (χ3n) is 6.02. The topological polar surface area (TPSA) is 86.8 Å². The van der Waals surface area contributed by atoms with Crippen molar-refractivity contribution in [1.29, 1.82) is 0 Å². The first kappa shape index (κ1) is 21.1. The van der Waals surface area contributed by atoms with Crippen LogP contribution in [0.25, 0.3) is 16.8 Å². The van der Waals surface area contributed by atoms with E-state index in [1.807, 2.05) is 46.3 Å². The third kappa shape index (κ3) is 3.96. The summed E-state index contributed by atoms with van der Waals surface area (Å²) in [5.74, 6) is 0.614. The molecule has 0 radical (unpaired) electrons. The molecule has 3 aromatic heterocycles. The van der Waals surface area contributed by atoms with Crippen molar-refractivity contribution in [1.82, 2.24) is 29.3 Å². The van der Waals surface area contributed by atoms with Crippen LogP contribution in [0.3, 0.4) is 0 Å². The van der Waals surface area contributed by atoms with Gasteiger partial charge in [0.05, 0.1) is 24.3 Å². The Bertz CT molecular complexity index is 1110. The van der Waals surface area contributed by atoms with E-state index in [4.69, 9.17) is 14.5 Å². The van der Waals surface area contributed by atoms with Crippen LogP contribution in [0.4, 0.5) is 4.79 Å². The Labute approximate surface area is 182 Å². The van der Waals surface area contributed by atoms with Crippen molar-refractivity contribution in [2.24, 2.45) is 13.0 Å². The van der Waals surface area contributed by atoms with Gasteiger partial charge in [-0.3, -0.25) is 4.68 Å². The molecule has 0 aliphatic heterocycles. The van der Waals surface area contributed by atoms with Gasteiger partial charge in [-0.1, -0.05) is 6.92 Å². The van der Waals surface area contributed by atoms with Gasteiger partial charge in [0, 0.05) is 44.2 Å². The van der Waals surface area contributed by atoms with Gasteiger partial charge < -0.3 is 14.4 Å². The number of hydrogen-bond donors (Lipinski definition) is 0. The minimum absolute atomic E-state index is 0.0299. The number of fused-ring (bicyclic) bond motifs is 1. The number of carbonyl (C=O) groups is 1. The average Bonchev–Trinajstić information content (AvgIpc) is 3.32. The molecule has 9 heteroatoms. The van der Waals surface area contributed by atoms with E-state index in [0.29, 0.717) is 12.3 Å². The summed E-state index contributed by atoms with van der Waals surface area (Å²) in [5.41, 5.74) is 1.43. The maximum absolute atomic E-state index is 12.5. The number of ether oxygens (including phenoxy) is 2. The molecule has 3 atom stereocenters. The van der Waals surface area contributed by atoms with E-state index in [9.17, 15) is 4.79 Å². The first-order valence-electron chi connectivity index (χ1n) is 10.4. The average molecular weight is 427 g/mol. The molecular weight excluding hydrogens is 396 g/mol. The number of hydrogen-bond acceptors (Lipinski definition) is 6. The molecule has 0 N–H and O–H groups in total. The van der Waals surface area contributed by atoms with Crippen molar-refractivity contribution >= 4 is 11.6 Å². The van der Waals surface area contributed by atoms with Crippen LogP contribution >= 0.6 is 0 Å². The molecule has 1 aliphatic rings. The van der Waals surface area contributed by atoms with Crippen LogP contribution in [0, 0.1) is 5.92 Å². The number of carbonyl (C=O) groups excluding carboxylic acids is 1. The molecule has 3 heterocycles. The van der Waals surface area contributed by atoms with E-state index >= 15 is 0 Å². The Balaban J connectivity index is 1.56. The van der Waals surface area contributed by atoms with Gasteiger partial charge in [0.2, 0.25) is 5.88 Å².